The van der Waals surface area contributed by atoms with Gasteiger partial charge in [-0.1, -0.05) is 143 Å². The SMILES string of the molecule is C1CCOC1.CCOC(C)CBr.COC(=O)c1ccc(-c2noc(-c3cc4c(Cl)ccc(Cl)c4o3)n2)cc1.COC(=O)c1ccc(/C(N)=N\O)cc1.Clc1ccc(Cl)c2occc12.O=C(O)c1cc2c(Cl)ccc(Cl)c2o1.Oc1cc(Cl)ccc1Cl. The first-order chi connectivity index (χ1) is 41.1. The van der Waals surface area contributed by atoms with Crippen molar-refractivity contribution in [2.75, 3.05) is 39.4 Å². The zero-order valence-corrected chi connectivity index (χ0v) is 53.2. The Balaban J connectivity index is 0.000000195. The molecule has 0 bridgehead atoms. The molecule has 1 unspecified atom stereocenters. The van der Waals surface area contributed by atoms with E-state index in [1.807, 2.05) is 13.8 Å². The number of hydrogen-bond donors (Lipinski definition) is 4. The summed E-state index contributed by atoms with van der Waals surface area (Å²) in [6.07, 6.45) is 4.49. The Hall–Kier alpha value is -6.72. The second kappa shape index (κ2) is 35.2. The minimum absolute atomic E-state index is 0.00131. The standard InChI is InChI=1S/C18H10Cl2N2O4.C9H4Cl2O3.C9H10N2O3.C8H4Cl2O.C6H4Cl2O.C5H11BrO.C4H8O/c1-24-18(23)10-4-2-9(3-5-10)16-21-17(26-22-16)14-8-11-12(19)6-7-13(20)15(11)25-14;10-5-1-2-6(11)8-4(5)3-7(14-8)9(12)13;1-14-9(12)7-4-2-6(3-5-7)8(10)11-13;9-6-1-2-7(10)8-5(6)3-4-11-8;7-4-1-2-5(8)6(9)3-4;1-3-7-5(2)4-6;1-2-4-5-3-1/h2-8H,1H3;1-3H,(H,12,13);2-5,13H,1H3,(H2,10,11);1-4H;1-3,9H;5H,3-4H2,1-2H3;1-4H2. The molecule has 454 valence electrons. The summed E-state index contributed by atoms with van der Waals surface area (Å²) in [5, 5.41) is 39.5. The van der Waals surface area contributed by atoms with Gasteiger partial charge < -0.3 is 57.9 Å². The van der Waals surface area contributed by atoms with Gasteiger partial charge in [0.2, 0.25) is 11.6 Å². The monoisotopic (exact) mass is 1400 g/mol. The van der Waals surface area contributed by atoms with Gasteiger partial charge in [-0.05, 0) is 112 Å². The molecule has 0 aliphatic carbocycles. The summed E-state index contributed by atoms with van der Waals surface area (Å²) in [7, 11) is 2.63. The molecule has 1 saturated heterocycles. The maximum Gasteiger partial charge on any atom is 0.371 e. The number of amidine groups is 1. The fourth-order valence-corrected chi connectivity index (χ4v) is 8.62. The Labute approximate surface area is 540 Å². The fourth-order valence-electron chi connectivity index (χ4n) is 6.91. The highest BCUT2D eigenvalue weighted by Crippen LogP contribution is 2.37. The van der Waals surface area contributed by atoms with Crippen LogP contribution in [0.25, 0.3) is 55.9 Å². The van der Waals surface area contributed by atoms with Crippen LogP contribution in [0.1, 0.15) is 63.5 Å². The van der Waals surface area contributed by atoms with Gasteiger partial charge in [0, 0.05) is 69.6 Å². The lowest BCUT2D eigenvalue weighted by atomic mass is 10.1. The lowest BCUT2D eigenvalue weighted by Gasteiger charge is -2.04. The first kappa shape index (κ1) is 70.0. The number of carboxylic acids is 1. The van der Waals surface area contributed by atoms with Crippen molar-refractivity contribution < 1.29 is 66.5 Å². The summed E-state index contributed by atoms with van der Waals surface area (Å²) in [5.74, 6) is -1.22. The van der Waals surface area contributed by atoms with Crippen molar-refractivity contribution in [3.63, 3.8) is 0 Å². The molecule has 11 rings (SSSR count). The summed E-state index contributed by atoms with van der Waals surface area (Å²) < 4.78 is 40.4. The van der Waals surface area contributed by atoms with Crippen LogP contribution in [-0.2, 0) is 18.9 Å². The van der Waals surface area contributed by atoms with E-state index in [2.05, 4.69) is 40.7 Å². The largest absolute Gasteiger partial charge is 0.506 e. The van der Waals surface area contributed by atoms with E-state index in [1.54, 1.807) is 115 Å². The fraction of sp³-hybridized carbons (Fsp3) is 0.186. The summed E-state index contributed by atoms with van der Waals surface area (Å²) >= 11 is 49.9. The number of aromatic nitrogens is 2. The lowest BCUT2D eigenvalue weighted by Crippen LogP contribution is -2.13. The maximum atomic E-state index is 11.5. The number of furan rings is 3. The number of alkyl halides is 1. The number of hydrogen-bond acceptors (Lipinski definition) is 16. The third kappa shape index (κ3) is 20.5. The number of aromatic hydroxyl groups is 1. The summed E-state index contributed by atoms with van der Waals surface area (Å²) in [5.41, 5.74) is 8.82. The van der Waals surface area contributed by atoms with Gasteiger partial charge in [0.25, 0.3) is 5.89 Å². The number of aromatic carboxylic acids is 1. The predicted octanol–water partition coefficient (Wildman–Crippen LogP) is 18.3. The maximum absolute atomic E-state index is 11.5. The van der Waals surface area contributed by atoms with Crippen LogP contribution in [0, 0.1) is 0 Å². The highest BCUT2D eigenvalue weighted by molar-refractivity contribution is 9.09. The highest BCUT2D eigenvalue weighted by Gasteiger charge is 2.19. The molecule has 1 atom stereocenters. The Kier molecular flexibility index (Phi) is 28.7. The number of carbonyl (C=O) groups excluding carboxylic acids is 2. The molecule has 0 saturated carbocycles. The number of ether oxygens (including phenoxy) is 4. The minimum atomic E-state index is -1.15. The zero-order chi connectivity index (χ0) is 63.0. The van der Waals surface area contributed by atoms with Crippen LogP contribution in [-0.4, -0.2) is 94.8 Å². The van der Waals surface area contributed by atoms with Crippen molar-refractivity contribution in [3.05, 3.63) is 190 Å². The van der Waals surface area contributed by atoms with E-state index in [1.165, 1.54) is 39.2 Å². The second-order valence-corrected chi connectivity index (χ2v) is 21.1. The van der Waals surface area contributed by atoms with Crippen LogP contribution in [0.3, 0.4) is 0 Å². The Morgan fingerprint density at radius 1 is 0.663 bits per heavy atom. The van der Waals surface area contributed by atoms with Crippen LogP contribution in [0.2, 0.25) is 40.2 Å². The van der Waals surface area contributed by atoms with Crippen molar-refractivity contribution in [2.24, 2.45) is 10.9 Å². The van der Waals surface area contributed by atoms with Crippen molar-refractivity contribution in [1.29, 1.82) is 0 Å². The van der Waals surface area contributed by atoms with Crippen LogP contribution in [0.15, 0.2) is 151 Å². The number of carboxylic acid groups (broad SMARTS) is 1. The van der Waals surface area contributed by atoms with Gasteiger partial charge in [-0.25, -0.2) is 14.4 Å². The second-order valence-electron chi connectivity index (χ2n) is 17.1. The first-order valence-electron chi connectivity index (χ1n) is 25.0. The number of oxime groups is 1. The smallest absolute Gasteiger partial charge is 0.371 e. The summed E-state index contributed by atoms with van der Waals surface area (Å²) in [4.78, 5) is 37.5. The zero-order valence-electron chi connectivity index (χ0n) is 45.6. The third-order valence-electron chi connectivity index (χ3n) is 11.2. The molecule has 4 aromatic heterocycles. The number of phenols is 1. The number of carbonyl (C=O) groups is 3. The van der Waals surface area contributed by atoms with Gasteiger partial charge >= 0.3 is 17.9 Å². The van der Waals surface area contributed by atoms with Gasteiger partial charge in [0.15, 0.2) is 28.3 Å². The molecular weight excluding hydrogens is 1350 g/mol. The van der Waals surface area contributed by atoms with Crippen molar-refractivity contribution in [3.8, 4) is 28.8 Å². The number of fused-ring (bicyclic) bond motifs is 3. The minimum Gasteiger partial charge on any atom is -0.506 e. The van der Waals surface area contributed by atoms with E-state index >= 15 is 0 Å². The summed E-state index contributed by atoms with van der Waals surface area (Å²) in [6.45, 7) is 6.85. The average Bonchev–Trinajstić information content (AvgIpc) is 2.35. The van der Waals surface area contributed by atoms with E-state index in [9.17, 15) is 14.4 Å². The number of phenolic OH excluding ortho intramolecular Hbond substituents is 1. The summed E-state index contributed by atoms with van der Waals surface area (Å²) in [6, 6.07) is 32.2. The van der Waals surface area contributed by atoms with E-state index in [4.69, 9.17) is 141 Å². The third-order valence-corrected chi connectivity index (χ3v) is 14.6. The van der Waals surface area contributed by atoms with Crippen LogP contribution in [0.4, 0.5) is 0 Å². The molecule has 0 spiro atoms. The Morgan fingerprint density at radius 3 is 1.60 bits per heavy atom. The van der Waals surface area contributed by atoms with E-state index < -0.39 is 17.9 Å². The first-order valence-corrected chi connectivity index (χ1v) is 29.2. The van der Waals surface area contributed by atoms with Crippen LogP contribution >= 0.6 is 109 Å². The predicted molar refractivity (Wildman–Crippen MR) is 339 cm³/mol. The molecule has 0 radical (unpaired) electrons. The molecular formula is C59H51BrCl8N4O14. The lowest BCUT2D eigenvalue weighted by molar-refractivity contribution is 0.0592. The van der Waals surface area contributed by atoms with Crippen molar-refractivity contribution >= 4 is 165 Å². The molecule has 0 amide bonds. The van der Waals surface area contributed by atoms with Gasteiger partial charge in [0.1, 0.15) is 5.75 Å². The number of rotatable bonds is 9. The quantitative estimate of drug-likeness (QED) is 0.0261. The molecule has 27 heteroatoms. The van der Waals surface area contributed by atoms with Gasteiger partial charge in [-0.2, -0.15) is 4.98 Å². The van der Waals surface area contributed by atoms with Crippen molar-refractivity contribution in [2.45, 2.75) is 32.8 Å². The van der Waals surface area contributed by atoms with Crippen LogP contribution < -0.4 is 5.73 Å². The molecule has 5 heterocycles. The molecule has 18 nitrogen and oxygen atoms in total. The topological polar surface area (TPSA) is 266 Å². The molecule has 1 aliphatic rings. The number of esters is 2. The Morgan fingerprint density at radius 2 is 1.16 bits per heavy atom. The van der Waals surface area contributed by atoms with E-state index in [0.717, 1.165) is 30.5 Å². The van der Waals surface area contributed by atoms with Gasteiger partial charge in [-0.15, -0.1) is 0 Å². The molecule has 1 aliphatic heterocycles. The number of nitrogens with two attached hydrogens (primary N) is 1. The van der Waals surface area contributed by atoms with Crippen LogP contribution in [0.5, 0.6) is 5.75 Å². The molecule has 10 aromatic rings. The van der Waals surface area contributed by atoms with E-state index in [0.29, 0.717) is 108 Å². The molecule has 1 fully saturated rings. The number of nitrogens with zero attached hydrogens (tertiary/aromatic N) is 3. The van der Waals surface area contributed by atoms with Gasteiger partial charge in [-0.3, -0.25) is 0 Å². The Bertz CT molecular complexity index is 3750. The van der Waals surface area contributed by atoms with E-state index in [-0.39, 0.29) is 23.2 Å². The number of benzene rings is 6. The number of methoxy groups -OCH3 is 2. The normalized spacial score (nSPS) is 11.8. The van der Waals surface area contributed by atoms with Gasteiger partial charge in [0.05, 0.1) is 72.9 Å². The highest BCUT2D eigenvalue weighted by atomic mass is 79.9. The average molecular weight is 1400 g/mol. The molecule has 86 heavy (non-hydrogen) atoms. The number of halogens is 9. The molecule has 6 aromatic carbocycles. The molecule has 5 N–H and O–H groups in total. The van der Waals surface area contributed by atoms with Crippen molar-refractivity contribution in [1.82, 2.24) is 10.1 Å².